The fraction of sp³-hybridized carbons (Fsp3) is 0.516. The zero-order valence-electron chi connectivity index (χ0n) is 24.3. The van der Waals surface area contributed by atoms with Gasteiger partial charge in [-0.2, -0.15) is 10.4 Å². The quantitative estimate of drug-likeness (QED) is 0.282. The van der Waals surface area contributed by atoms with E-state index in [0.29, 0.717) is 28.1 Å². The molecule has 0 saturated carbocycles. The molecule has 0 saturated heterocycles. The van der Waals surface area contributed by atoms with Gasteiger partial charge in [-0.1, -0.05) is 78.9 Å². The Hall–Kier alpha value is -3.20. The minimum atomic E-state index is -0.326. The molecule has 5 nitrogen and oxygen atoms in total. The Kier molecular flexibility index (Phi) is 14.2. The highest BCUT2D eigenvalue weighted by atomic mass is 19.1. The Balaban J connectivity index is 0.000000529. The van der Waals surface area contributed by atoms with E-state index in [-0.39, 0.29) is 11.9 Å². The zero-order chi connectivity index (χ0) is 28.0. The first-order valence-electron chi connectivity index (χ1n) is 13.7. The largest absolute Gasteiger partial charge is 0.386 e. The van der Waals surface area contributed by atoms with Gasteiger partial charge in [-0.15, -0.1) is 5.10 Å². The van der Waals surface area contributed by atoms with E-state index in [2.05, 4.69) is 47.7 Å². The van der Waals surface area contributed by atoms with Crippen LogP contribution in [0.15, 0.2) is 30.3 Å². The van der Waals surface area contributed by atoms with Crippen molar-refractivity contribution < 1.29 is 4.39 Å². The topological polar surface area (TPSA) is 73.6 Å². The third kappa shape index (κ3) is 9.00. The van der Waals surface area contributed by atoms with Crippen LogP contribution in [-0.4, -0.2) is 17.2 Å². The van der Waals surface area contributed by atoms with Gasteiger partial charge in [-0.3, -0.25) is 0 Å². The highest BCUT2D eigenvalue weighted by Gasteiger charge is 2.16. The summed E-state index contributed by atoms with van der Waals surface area (Å²) in [5, 5.41) is 25.4. The number of nitriles is 1. The molecule has 2 atom stereocenters. The lowest BCUT2D eigenvalue weighted by Crippen LogP contribution is -2.11. The lowest BCUT2D eigenvalue weighted by atomic mass is 9.98. The molecular formula is C31H46FN5. The predicted octanol–water partition coefficient (Wildman–Crippen LogP) is 9.11. The number of hydrogen-bond donors (Lipinski definition) is 2. The van der Waals surface area contributed by atoms with Crippen molar-refractivity contribution in [3.63, 3.8) is 0 Å². The Morgan fingerprint density at radius 3 is 2.32 bits per heavy atom. The maximum absolute atomic E-state index is 14.1. The van der Waals surface area contributed by atoms with E-state index in [1.807, 2.05) is 46.8 Å². The highest BCUT2D eigenvalue weighted by molar-refractivity contribution is 5.95. The Morgan fingerprint density at radius 1 is 1.03 bits per heavy atom. The second-order valence-corrected chi connectivity index (χ2v) is 9.27. The van der Waals surface area contributed by atoms with Gasteiger partial charge >= 0.3 is 0 Å². The van der Waals surface area contributed by atoms with Gasteiger partial charge < -0.3 is 10.6 Å². The van der Waals surface area contributed by atoms with Gasteiger partial charge in [0.15, 0.2) is 5.82 Å². The summed E-state index contributed by atoms with van der Waals surface area (Å²) in [5.74, 6) is 1.21. The van der Waals surface area contributed by atoms with Crippen LogP contribution in [0.5, 0.6) is 0 Å². The molecule has 6 heteroatoms. The first-order valence-corrected chi connectivity index (χ1v) is 13.7. The van der Waals surface area contributed by atoms with E-state index < -0.39 is 0 Å². The molecule has 0 fully saturated rings. The summed E-state index contributed by atoms with van der Waals surface area (Å²) >= 11 is 0. The van der Waals surface area contributed by atoms with Crippen molar-refractivity contribution in [3.8, 4) is 6.07 Å². The highest BCUT2D eigenvalue weighted by Crippen LogP contribution is 2.31. The van der Waals surface area contributed by atoms with Crippen LogP contribution in [0.25, 0.3) is 10.8 Å². The molecule has 0 aliphatic heterocycles. The Bertz CT molecular complexity index is 1150. The second kappa shape index (κ2) is 16.5. The molecule has 0 aliphatic rings. The van der Waals surface area contributed by atoms with Crippen LogP contribution in [0, 0.1) is 36.9 Å². The normalized spacial score (nSPS) is 11.8. The van der Waals surface area contributed by atoms with E-state index in [1.165, 1.54) is 38.2 Å². The summed E-state index contributed by atoms with van der Waals surface area (Å²) in [5.41, 5.74) is 3.66. The minimum Gasteiger partial charge on any atom is -0.386 e. The van der Waals surface area contributed by atoms with E-state index in [4.69, 9.17) is 0 Å². The molecule has 3 rings (SSSR count). The maximum Gasteiger partial charge on any atom is 0.157 e. The smallest absolute Gasteiger partial charge is 0.157 e. The predicted molar refractivity (Wildman–Crippen MR) is 157 cm³/mol. The van der Waals surface area contributed by atoms with Crippen LogP contribution in [0.4, 0.5) is 15.9 Å². The van der Waals surface area contributed by atoms with Crippen LogP contribution in [0.2, 0.25) is 0 Å². The van der Waals surface area contributed by atoms with Gasteiger partial charge in [0.25, 0.3) is 0 Å². The third-order valence-electron chi connectivity index (χ3n) is 6.63. The van der Waals surface area contributed by atoms with Gasteiger partial charge in [0, 0.05) is 17.8 Å². The average Bonchev–Trinajstić information content (AvgIpc) is 2.91. The van der Waals surface area contributed by atoms with Gasteiger partial charge in [0.1, 0.15) is 5.82 Å². The molecular weight excluding hydrogens is 461 g/mol. The van der Waals surface area contributed by atoms with Crippen molar-refractivity contribution in [3.05, 3.63) is 58.5 Å². The van der Waals surface area contributed by atoms with E-state index in [1.54, 1.807) is 19.2 Å². The van der Waals surface area contributed by atoms with E-state index in [9.17, 15) is 9.65 Å². The van der Waals surface area contributed by atoms with E-state index >= 15 is 0 Å². The summed E-state index contributed by atoms with van der Waals surface area (Å²) in [6.45, 7) is 16.6. The molecule has 0 spiro atoms. The molecule has 37 heavy (non-hydrogen) atoms. The van der Waals surface area contributed by atoms with Gasteiger partial charge in [-0.25, -0.2) is 4.39 Å². The van der Waals surface area contributed by atoms with Crippen molar-refractivity contribution in [1.82, 2.24) is 10.2 Å². The molecule has 1 unspecified atom stereocenters. The van der Waals surface area contributed by atoms with Crippen LogP contribution >= 0.6 is 0 Å². The fourth-order valence-corrected chi connectivity index (χ4v) is 4.07. The third-order valence-corrected chi connectivity index (χ3v) is 6.63. The van der Waals surface area contributed by atoms with Crippen molar-refractivity contribution in [2.24, 2.45) is 5.92 Å². The van der Waals surface area contributed by atoms with E-state index in [0.717, 1.165) is 22.4 Å². The Morgan fingerprint density at radius 2 is 1.73 bits per heavy atom. The summed E-state index contributed by atoms with van der Waals surface area (Å²) in [6, 6.07) is 11.0. The lowest BCUT2D eigenvalue weighted by molar-refractivity contribution is 0.482. The number of aryl methyl sites for hydroxylation is 1. The maximum atomic E-state index is 14.1. The lowest BCUT2D eigenvalue weighted by Gasteiger charge is -2.19. The number of benzene rings is 2. The summed E-state index contributed by atoms with van der Waals surface area (Å²) < 4.78 is 14.1. The number of fused-ring (bicyclic) bond motifs is 1. The van der Waals surface area contributed by atoms with Gasteiger partial charge in [-0.05, 0) is 56.0 Å². The van der Waals surface area contributed by atoms with Crippen LogP contribution < -0.4 is 10.6 Å². The van der Waals surface area contributed by atoms with Crippen LogP contribution in [-0.2, 0) is 0 Å². The Labute approximate surface area is 223 Å². The molecule has 2 N–H and O–H groups in total. The van der Waals surface area contributed by atoms with Gasteiger partial charge in [0.2, 0.25) is 0 Å². The molecule has 2 aromatic carbocycles. The number of hydrogen-bond acceptors (Lipinski definition) is 5. The summed E-state index contributed by atoms with van der Waals surface area (Å²) in [6.07, 6.45) is 7.00. The minimum absolute atomic E-state index is 0.0911. The molecule has 0 amide bonds. The van der Waals surface area contributed by atoms with Crippen LogP contribution in [0.1, 0.15) is 102 Å². The SMILES string of the molecule is CC.CCCCCC(C)CC.CNc1cc2c(N[C@H](C)c3cccc(C#N)c3C)nnc(C)c2cc1F. The monoisotopic (exact) mass is 507 g/mol. The average molecular weight is 508 g/mol. The number of aromatic nitrogens is 2. The molecule has 1 heterocycles. The number of nitrogens with zero attached hydrogens (tertiary/aromatic N) is 3. The first kappa shape index (κ1) is 31.8. The fourth-order valence-electron chi connectivity index (χ4n) is 4.07. The molecule has 0 radical (unpaired) electrons. The summed E-state index contributed by atoms with van der Waals surface area (Å²) in [7, 11) is 1.68. The number of nitrogens with one attached hydrogen (secondary N) is 2. The summed E-state index contributed by atoms with van der Waals surface area (Å²) in [4.78, 5) is 0. The number of anilines is 2. The number of rotatable bonds is 9. The molecule has 3 aromatic rings. The van der Waals surface area contributed by atoms with Gasteiger partial charge in [0.05, 0.1) is 29.1 Å². The first-order chi connectivity index (χ1) is 17.8. The second-order valence-electron chi connectivity index (χ2n) is 9.27. The molecule has 1 aromatic heterocycles. The molecule has 0 aliphatic carbocycles. The molecule has 0 bridgehead atoms. The van der Waals surface area contributed by atoms with Crippen molar-refractivity contribution in [2.75, 3.05) is 17.7 Å². The standard InChI is InChI=1S/C20H20FN5.C9H20.C2H6/c1-11-14(10-22)6-5-7-15(11)12(2)24-20-17-9-19(23-4)18(21)8-16(17)13(3)25-26-20;1-4-6-7-8-9(3)5-2;1-2/h5-9,12,23H,1-4H3,(H,24,26);9H,4-8H2,1-3H3;1-2H3/t12-;;/m1../s1. The molecule has 202 valence electrons. The van der Waals surface area contributed by atoms with Crippen molar-refractivity contribution in [1.29, 1.82) is 5.26 Å². The van der Waals surface area contributed by atoms with Crippen molar-refractivity contribution in [2.45, 2.75) is 93.5 Å². The van der Waals surface area contributed by atoms with Crippen molar-refractivity contribution >= 4 is 22.3 Å². The zero-order valence-corrected chi connectivity index (χ0v) is 24.3. The van der Waals surface area contributed by atoms with Crippen LogP contribution in [0.3, 0.4) is 0 Å². The number of halogens is 1. The number of unbranched alkanes of at least 4 members (excludes halogenated alkanes) is 2.